The van der Waals surface area contributed by atoms with Gasteiger partial charge in [0.25, 0.3) is 0 Å². The van der Waals surface area contributed by atoms with Gasteiger partial charge in [-0.15, -0.1) is 12.4 Å². The molecule has 1 rings (SSSR count). The molecular weight excluding hydrogens is 242 g/mol. The third-order valence-electron chi connectivity index (χ3n) is 1.91. The predicted molar refractivity (Wildman–Crippen MR) is 63.3 cm³/mol. The zero-order chi connectivity index (χ0) is 9.03. The molecule has 0 bridgehead atoms. The molecule has 74 valence electrons. The van der Waals surface area contributed by atoms with Crippen LogP contribution in [0.5, 0.6) is 0 Å². The van der Waals surface area contributed by atoms with Crippen molar-refractivity contribution in [1.29, 1.82) is 0 Å². The van der Waals surface area contributed by atoms with Gasteiger partial charge in [-0.3, -0.25) is 0 Å². The number of hydrogen-bond acceptors (Lipinski definition) is 1. The molecule has 0 atom stereocenters. The molecule has 1 heterocycles. The van der Waals surface area contributed by atoms with Crippen LogP contribution in [0.3, 0.4) is 0 Å². The molecule has 0 aliphatic carbocycles. The van der Waals surface area contributed by atoms with Gasteiger partial charge in [0.1, 0.15) is 0 Å². The molecule has 0 unspecified atom stereocenters. The fraction of sp³-hybridized carbons (Fsp3) is 0.500. The molecule has 0 amide bonds. The van der Waals surface area contributed by atoms with Gasteiger partial charge in [-0.1, -0.05) is 0 Å². The van der Waals surface area contributed by atoms with Crippen molar-refractivity contribution in [2.24, 2.45) is 0 Å². The van der Waals surface area contributed by atoms with Crippen molar-refractivity contribution < 1.29 is 0 Å². The fourth-order valence-corrected chi connectivity index (χ4v) is 3.25. The van der Waals surface area contributed by atoms with Gasteiger partial charge in [0, 0.05) is 0 Å². The van der Waals surface area contributed by atoms with Gasteiger partial charge < -0.3 is 0 Å². The standard InChI is InChI=1S/C10H17GeN.ClH/c1-11(2,3)7-4-10-5-8-12-9-6-10;/h5-6,8-9H,4,7H2,1-3H3;1H. The Morgan fingerprint density at radius 2 is 1.69 bits per heavy atom. The van der Waals surface area contributed by atoms with Gasteiger partial charge in [0.2, 0.25) is 0 Å². The third kappa shape index (κ3) is 6.11. The van der Waals surface area contributed by atoms with Crippen molar-refractivity contribution in [3.05, 3.63) is 30.1 Å². The summed E-state index contributed by atoms with van der Waals surface area (Å²) in [5, 5.41) is 1.42. The topological polar surface area (TPSA) is 12.9 Å². The first-order valence-corrected chi connectivity index (χ1v) is 12.2. The molecule has 0 N–H and O–H groups in total. The van der Waals surface area contributed by atoms with Crippen molar-refractivity contribution in [3.8, 4) is 0 Å². The maximum absolute atomic E-state index is 4.01. The predicted octanol–water partition coefficient (Wildman–Crippen LogP) is 3.38. The van der Waals surface area contributed by atoms with Crippen LogP contribution < -0.4 is 0 Å². The summed E-state index contributed by atoms with van der Waals surface area (Å²) in [6.45, 7) is 0. The van der Waals surface area contributed by atoms with E-state index in [1.807, 2.05) is 12.4 Å². The number of halogens is 1. The van der Waals surface area contributed by atoms with Crippen molar-refractivity contribution >= 4 is 25.7 Å². The van der Waals surface area contributed by atoms with E-state index >= 15 is 0 Å². The Kier molecular flexibility index (Phi) is 5.65. The molecule has 1 aromatic heterocycles. The van der Waals surface area contributed by atoms with Crippen LogP contribution in [0.15, 0.2) is 24.5 Å². The molecule has 0 fully saturated rings. The molecule has 13 heavy (non-hydrogen) atoms. The number of nitrogens with zero attached hydrogens (tertiary/aromatic N) is 1. The molecule has 0 aliphatic heterocycles. The first kappa shape index (κ1) is 13.0. The average Bonchev–Trinajstić information content (AvgIpc) is 2.02. The van der Waals surface area contributed by atoms with E-state index in [1.165, 1.54) is 17.2 Å². The molecule has 0 radical (unpaired) electrons. The monoisotopic (exact) mass is 261 g/mol. The molecule has 1 nitrogen and oxygen atoms in total. The van der Waals surface area contributed by atoms with Gasteiger partial charge in [-0.05, 0) is 0 Å². The van der Waals surface area contributed by atoms with Crippen molar-refractivity contribution in [1.82, 2.24) is 4.98 Å². The average molecular weight is 260 g/mol. The van der Waals surface area contributed by atoms with E-state index in [-0.39, 0.29) is 12.4 Å². The molecule has 0 aromatic carbocycles. The van der Waals surface area contributed by atoms with Crippen LogP contribution in [0.25, 0.3) is 0 Å². The second-order valence-electron chi connectivity index (χ2n) is 4.42. The van der Waals surface area contributed by atoms with Crippen molar-refractivity contribution in [2.45, 2.75) is 28.9 Å². The molecule has 0 spiro atoms. The van der Waals surface area contributed by atoms with E-state index in [2.05, 4.69) is 34.4 Å². The van der Waals surface area contributed by atoms with Crippen molar-refractivity contribution in [3.63, 3.8) is 0 Å². The summed E-state index contributed by atoms with van der Waals surface area (Å²) in [4.78, 5) is 4.01. The minimum absolute atomic E-state index is 0. The number of pyridine rings is 1. The van der Waals surface area contributed by atoms with Gasteiger partial charge in [0.05, 0.1) is 0 Å². The van der Waals surface area contributed by atoms with Crippen LogP contribution in [0.4, 0.5) is 0 Å². The molecular formula is C10H18ClGeN. The zero-order valence-electron chi connectivity index (χ0n) is 8.58. The minimum atomic E-state index is -1.31. The summed E-state index contributed by atoms with van der Waals surface area (Å²) in [5.41, 5.74) is 1.44. The Labute approximate surface area is 89.7 Å². The molecule has 0 saturated heterocycles. The van der Waals surface area contributed by atoms with Crippen LogP contribution >= 0.6 is 12.4 Å². The van der Waals surface area contributed by atoms with Gasteiger partial charge >= 0.3 is 77.3 Å². The molecule has 0 aliphatic rings. The third-order valence-corrected chi connectivity index (χ3v) is 5.58. The zero-order valence-corrected chi connectivity index (χ0v) is 11.5. The Morgan fingerprint density at radius 1 is 1.15 bits per heavy atom. The van der Waals surface area contributed by atoms with E-state index < -0.39 is 13.3 Å². The van der Waals surface area contributed by atoms with Gasteiger partial charge in [-0.25, -0.2) is 0 Å². The van der Waals surface area contributed by atoms with E-state index in [1.54, 1.807) is 0 Å². The van der Waals surface area contributed by atoms with Crippen LogP contribution in [-0.4, -0.2) is 18.3 Å². The van der Waals surface area contributed by atoms with Crippen LogP contribution in [-0.2, 0) is 6.42 Å². The Balaban J connectivity index is 0.00000144. The Morgan fingerprint density at radius 3 is 2.15 bits per heavy atom. The van der Waals surface area contributed by atoms with Crippen molar-refractivity contribution in [2.75, 3.05) is 0 Å². The van der Waals surface area contributed by atoms with Crippen LogP contribution in [0.1, 0.15) is 5.56 Å². The second kappa shape index (κ2) is 5.66. The van der Waals surface area contributed by atoms with E-state index in [4.69, 9.17) is 0 Å². The summed E-state index contributed by atoms with van der Waals surface area (Å²) >= 11 is -1.31. The maximum atomic E-state index is 4.01. The summed E-state index contributed by atoms with van der Waals surface area (Å²) in [6, 6.07) is 4.24. The van der Waals surface area contributed by atoms with Crippen LogP contribution in [0.2, 0.25) is 22.5 Å². The van der Waals surface area contributed by atoms with E-state index in [0.717, 1.165) is 0 Å². The molecule has 1 aromatic rings. The quantitative estimate of drug-likeness (QED) is 0.759. The molecule has 0 saturated carbocycles. The number of aromatic nitrogens is 1. The Hall–Kier alpha value is -0.0171. The number of aryl methyl sites for hydroxylation is 1. The summed E-state index contributed by atoms with van der Waals surface area (Å²) in [5.74, 6) is 7.38. The number of rotatable bonds is 3. The normalized spacial score (nSPS) is 10.7. The van der Waals surface area contributed by atoms with E-state index in [0.29, 0.717) is 0 Å². The van der Waals surface area contributed by atoms with Gasteiger partial charge in [0.15, 0.2) is 0 Å². The van der Waals surface area contributed by atoms with Crippen LogP contribution in [0, 0.1) is 0 Å². The summed E-state index contributed by atoms with van der Waals surface area (Å²) in [7, 11) is 0. The first-order chi connectivity index (χ1) is 5.58. The SMILES string of the molecule is Cl.[CH3][Ge]([CH3])([CH3])[CH2]Cc1ccncc1. The van der Waals surface area contributed by atoms with E-state index in [9.17, 15) is 0 Å². The van der Waals surface area contributed by atoms with Gasteiger partial charge in [-0.2, -0.15) is 0 Å². The first-order valence-electron chi connectivity index (χ1n) is 4.47. The second-order valence-corrected chi connectivity index (χ2v) is 16.2. The molecule has 3 heteroatoms. The fourth-order valence-electron chi connectivity index (χ4n) is 1.07. The number of hydrogen-bond donors (Lipinski definition) is 0. The summed E-state index contributed by atoms with van der Waals surface area (Å²) < 4.78 is 0. The summed E-state index contributed by atoms with van der Waals surface area (Å²) in [6.07, 6.45) is 5.00. The Bertz CT molecular complexity index is 230.